The molecule has 0 saturated carbocycles. The molecule has 0 fully saturated rings. The predicted molar refractivity (Wildman–Crippen MR) is 64.1 cm³/mol. The maximum absolute atomic E-state index is 6.10. The van der Waals surface area contributed by atoms with Crippen molar-refractivity contribution < 1.29 is 4.74 Å². The standard InChI is InChI=1S/C10H19ClN4O/c1-3-5-15-10(8(11)6-13-15)9(14-12)7-16-4-2/h6,9,14H,3-5,7,12H2,1-2H3. The molecule has 0 aliphatic rings. The molecule has 6 heteroatoms. The summed E-state index contributed by atoms with van der Waals surface area (Å²) in [5.41, 5.74) is 3.60. The number of nitrogens with zero attached hydrogens (tertiary/aromatic N) is 2. The van der Waals surface area contributed by atoms with Gasteiger partial charge in [-0.3, -0.25) is 10.5 Å². The number of halogens is 1. The van der Waals surface area contributed by atoms with Gasteiger partial charge in [-0.05, 0) is 13.3 Å². The first-order chi connectivity index (χ1) is 7.74. The summed E-state index contributed by atoms with van der Waals surface area (Å²) in [6, 6.07) is -0.124. The zero-order valence-corrected chi connectivity index (χ0v) is 10.5. The molecule has 1 aromatic rings. The maximum atomic E-state index is 6.10. The number of hydrogen-bond acceptors (Lipinski definition) is 4. The van der Waals surface area contributed by atoms with Crippen LogP contribution in [-0.2, 0) is 11.3 Å². The number of hydrogen-bond donors (Lipinski definition) is 2. The lowest BCUT2D eigenvalue weighted by Gasteiger charge is -2.17. The third kappa shape index (κ3) is 3.18. The highest BCUT2D eigenvalue weighted by Gasteiger charge is 2.19. The molecule has 0 aromatic carbocycles. The van der Waals surface area contributed by atoms with Crippen molar-refractivity contribution in [3.63, 3.8) is 0 Å². The molecule has 0 aliphatic carbocycles. The fourth-order valence-corrected chi connectivity index (χ4v) is 1.82. The molecule has 1 atom stereocenters. The number of nitrogens with one attached hydrogen (secondary N) is 1. The number of rotatable bonds is 7. The van der Waals surface area contributed by atoms with Crippen molar-refractivity contribution in [3.05, 3.63) is 16.9 Å². The fourth-order valence-electron chi connectivity index (χ4n) is 1.55. The van der Waals surface area contributed by atoms with E-state index in [0.717, 1.165) is 18.7 Å². The zero-order chi connectivity index (χ0) is 12.0. The van der Waals surface area contributed by atoms with Crippen molar-refractivity contribution in [2.75, 3.05) is 13.2 Å². The summed E-state index contributed by atoms with van der Waals surface area (Å²) in [5.74, 6) is 5.51. The van der Waals surface area contributed by atoms with Gasteiger partial charge >= 0.3 is 0 Å². The van der Waals surface area contributed by atoms with Gasteiger partial charge in [0.25, 0.3) is 0 Å². The quantitative estimate of drug-likeness (QED) is 0.565. The van der Waals surface area contributed by atoms with Crippen LogP contribution < -0.4 is 11.3 Å². The number of aryl methyl sites for hydroxylation is 1. The SMILES string of the molecule is CCCn1ncc(Cl)c1C(COCC)NN. The molecule has 5 nitrogen and oxygen atoms in total. The average molecular weight is 247 g/mol. The molecular weight excluding hydrogens is 228 g/mol. The smallest absolute Gasteiger partial charge is 0.0877 e. The molecule has 1 unspecified atom stereocenters. The van der Waals surface area contributed by atoms with E-state index in [9.17, 15) is 0 Å². The van der Waals surface area contributed by atoms with E-state index in [1.807, 2.05) is 11.6 Å². The van der Waals surface area contributed by atoms with E-state index < -0.39 is 0 Å². The molecule has 1 heterocycles. The first-order valence-electron chi connectivity index (χ1n) is 5.49. The summed E-state index contributed by atoms with van der Waals surface area (Å²) in [5, 5.41) is 4.84. The summed E-state index contributed by atoms with van der Waals surface area (Å²) in [7, 11) is 0. The number of nitrogens with two attached hydrogens (primary N) is 1. The third-order valence-electron chi connectivity index (χ3n) is 2.29. The molecule has 92 valence electrons. The van der Waals surface area contributed by atoms with Gasteiger partial charge in [0.1, 0.15) is 0 Å². The summed E-state index contributed by atoms with van der Waals surface area (Å²) in [6.45, 7) is 6.00. The van der Waals surface area contributed by atoms with E-state index in [2.05, 4.69) is 17.4 Å². The molecule has 0 aliphatic heterocycles. The van der Waals surface area contributed by atoms with Crippen LogP contribution >= 0.6 is 11.6 Å². The van der Waals surface area contributed by atoms with Crippen molar-refractivity contribution in [1.82, 2.24) is 15.2 Å². The summed E-state index contributed by atoms with van der Waals surface area (Å²) < 4.78 is 7.22. The Morgan fingerprint density at radius 2 is 2.38 bits per heavy atom. The van der Waals surface area contributed by atoms with E-state index in [0.29, 0.717) is 18.2 Å². The van der Waals surface area contributed by atoms with Crippen LogP contribution in [0.25, 0.3) is 0 Å². The van der Waals surface area contributed by atoms with Gasteiger partial charge in [0.2, 0.25) is 0 Å². The van der Waals surface area contributed by atoms with Crippen LogP contribution in [0.4, 0.5) is 0 Å². The lowest BCUT2D eigenvalue weighted by molar-refractivity contribution is 0.120. The molecule has 3 N–H and O–H groups in total. The maximum Gasteiger partial charge on any atom is 0.0877 e. The van der Waals surface area contributed by atoms with Crippen molar-refractivity contribution in [3.8, 4) is 0 Å². The van der Waals surface area contributed by atoms with Crippen LogP contribution in [0.3, 0.4) is 0 Å². The minimum Gasteiger partial charge on any atom is -0.380 e. The highest BCUT2D eigenvalue weighted by atomic mass is 35.5. The van der Waals surface area contributed by atoms with Crippen molar-refractivity contribution in [2.24, 2.45) is 5.84 Å². The molecule has 0 radical (unpaired) electrons. The molecule has 0 bridgehead atoms. The van der Waals surface area contributed by atoms with Crippen LogP contribution in [0.1, 0.15) is 32.0 Å². The number of hydrazine groups is 1. The zero-order valence-electron chi connectivity index (χ0n) is 9.74. The summed E-state index contributed by atoms with van der Waals surface area (Å²) in [4.78, 5) is 0. The molecule has 1 aromatic heterocycles. The Labute approximate surface area is 101 Å². The molecule has 0 spiro atoms. The highest BCUT2D eigenvalue weighted by Crippen LogP contribution is 2.22. The fraction of sp³-hybridized carbons (Fsp3) is 0.700. The number of aromatic nitrogens is 2. The molecular formula is C10H19ClN4O. The first kappa shape index (κ1) is 13.4. The Morgan fingerprint density at radius 3 is 2.94 bits per heavy atom. The van der Waals surface area contributed by atoms with Crippen molar-refractivity contribution in [1.29, 1.82) is 0 Å². The van der Waals surface area contributed by atoms with Gasteiger partial charge < -0.3 is 4.74 Å². The van der Waals surface area contributed by atoms with Crippen molar-refractivity contribution >= 4 is 11.6 Å². The Kier molecular flexibility index (Phi) is 5.76. The second kappa shape index (κ2) is 6.85. The minimum absolute atomic E-state index is 0.124. The van der Waals surface area contributed by atoms with E-state index in [-0.39, 0.29) is 6.04 Å². The van der Waals surface area contributed by atoms with Crippen LogP contribution in [-0.4, -0.2) is 23.0 Å². The second-order valence-corrected chi connectivity index (χ2v) is 3.89. The van der Waals surface area contributed by atoms with Gasteiger partial charge in [-0.2, -0.15) is 5.10 Å². The average Bonchev–Trinajstić information content (AvgIpc) is 2.63. The van der Waals surface area contributed by atoms with Gasteiger partial charge in [0, 0.05) is 13.2 Å². The Bertz CT molecular complexity index is 316. The van der Waals surface area contributed by atoms with E-state index >= 15 is 0 Å². The van der Waals surface area contributed by atoms with Crippen molar-refractivity contribution in [2.45, 2.75) is 32.9 Å². The van der Waals surface area contributed by atoms with E-state index in [1.54, 1.807) is 6.20 Å². The molecule has 0 saturated heterocycles. The monoisotopic (exact) mass is 246 g/mol. The van der Waals surface area contributed by atoms with Gasteiger partial charge in [-0.25, -0.2) is 5.43 Å². The van der Waals surface area contributed by atoms with Crippen LogP contribution in [0.5, 0.6) is 0 Å². The summed E-state index contributed by atoms with van der Waals surface area (Å²) >= 11 is 6.10. The van der Waals surface area contributed by atoms with E-state index in [4.69, 9.17) is 22.2 Å². The Hall–Kier alpha value is -0.620. The van der Waals surface area contributed by atoms with Gasteiger partial charge in [0.05, 0.1) is 29.6 Å². The van der Waals surface area contributed by atoms with Gasteiger partial charge in [-0.15, -0.1) is 0 Å². The second-order valence-electron chi connectivity index (χ2n) is 3.48. The molecule has 16 heavy (non-hydrogen) atoms. The lowest BCUT2D eigenvalue weighted by Crippen LogP contribution is -2.33. The highest BCUT2D eigenvalue weighted by molar-refractivity contribution is 6.31. The lowest BCUT2D eigenvalue weighted by atomic mass is 10.2. The Balaban J connectivity index is 2.84. The Morgan fingerprint density at radius 1 is 1.62 bits per heavy atom. The topological polar surface area (TPSA) is 65.1 Å². The third-order valence-corrected chi connectivity index (χ3v) is 2.58. The van der Waals surface area contributed by atoms with Crippen LogP contribution in [0.2, 0.25) is 5.02 Å². The van der Waals surface area contributed by atoms with E-state index in [1.165, 1.54) is 0 Å². The predicted octanol–water partition coefficient (Wildman–Crippen LogP) is 1.49. The summed E-state index contributed by atoms with van der Waals surface area (Å²) in [6.07, 6.45) is 2.64. The van der Waals surface area contributed by atoms with Crippen LogP contribution in [0.15, 0.2) is 6.20 Å². The van der Waals surface area contributed by atoms with Gasteiger partial charge in [0.15, 0.2) is 0 Å². The normalized spacial score (nSPS) is 13.0. The molecule has 1 rings (SSSR count). The largest absolute Gasteiger partial charge is 0.380 e. The number of ether oxygens (including phenoxy) is 1. The minimum atomic E-state index is -0.124. The first-order valence-corrected chi connectivity index (χ1v) is 5.87. The van der Waals surface area contributed by atoms with Gasteiger partial charge in [-0.1, -0.05) is 18.5 Å². The van der Waals surface area contributed by atoms with Crippen LogP contribution in [0, 0.1) is 0 Å². The molecule has 0 amide bonds.